The number of aryl methyl sites for hydroxylation is 2. The normalized spacial score (nSPS) is 13.3. The molecule has 0 bridgehead atoms. The lowest BCUT2D eigenvalue weighted by Crippen LogP contribution is -2.21. The highest BCUT2D eigenvalue weighted by molar-refractivity contribution is 7.14. The Morgan fingerprint density at radius 2 is 2.35 bits per heavy atom. The van der Waals surface area contributed by atoms with Gasteiger partial charge < -0.3 is 15.4 Å². The molecule has 0 saturated heterocycles. The molecule has 8 heteroatoms. The largest absolute Gasteiger partial charge is 0.436 e. The molecular formula is C18H19N5O2S. The van der Waals surface area contributed by atoms with Crippen LogP contribution in [0.1, 0.15) is 25.8 Å². The summed E-state index contributed by atoms with van der Waals surface area (Å²) in [4.78, 5) is 18.8. The summed E-state index contributed by atoms with van der Waals surface area (Å²) in [7, 11) is 1.78. The van der Waals surface area contributed by atoms with Crippen molar-refractivity contribution in [3.8, 4) is 11.6 Å². The van der Waals surface area contributed by atoms with Gasteiger partial charge in [-0.3, -0.25) is 9.78 Å². The third-order valence-electron chi connectivity index (χ3n) is 4.22. The van der Waals surface area contributed by atoms with Gasteiger partial charge in [0.25, 0.3) is 5.91 Å². The highest BCUT2D eigenvalue weighted by Gasteiger charge is 2.22. The molecule has 1 aliphatic rings. The van der Waals surface area contributed by atoms with Crippen LogP contribution in [0.5, 0.6) is 11.6 Å². The summed E-state index contributed by atoms with van der Waals surface area (Å²) in [5, 5.41) is 10.7. The first-order valence-corrected chi connectivity index (χ1v) is 9.18. The number of carbonyl (C=O) groups is 1. The van der Waals surface area contributed by atoms with Gasteiger partial charge in [0.05, 0.1) is 16.8 Å². The molecule has 3 aromatic rings. The summed E-state index contributed by atoms with van der Waals surface area (Å²) in [5.74, 6) is 0.923. The SMILES string of the molecule is Cc1nn(C)c(Oc2cccnc2)c1NC(=O)c1cc2c(s1)CCNC2. The number of nitrogens with one attached hydrogen (secondary N) is 2. The molecule has 0 unspecified atom stereocenters. The van der Waals surface area contributed by atoms with Gasteiger partial charge in [0.2, 0.25) is 5.88 Å². The van der Waals surface area contributed by atoms with Crippen LogP contribution in [0.4, 0.5) is 5.69 Å². The number of aromatic nitrogens is 3. The zero-order valence-electron chi connectivity index (χ0n) is 14.6. The third-order valence-corrected chi connectivity index (χ3v) is 5.46. The van der Waals surface area contributed by atoms with Crippen molar-refractivity contribution in [2.75, 3.05) is 11.9 Å². The van der Waals surface area contributed by atoms with E-state index in [1.54, 1.807) is 47.6 Å². The molecule has 4 rings (SSSR count). The highest BCUT2D eigenvalue weighted by atomic mass is 32.1. The van der Waals surface area contributed by atoms with Crippen LogP contribution in [-0.2, 0) is 20.0 Å². The molecule has 0 spiro atoms. The molecule has 3 aromatic heterocycles. The fourth-order valence-corrected chi connectivity index (χ4v) is 4.03. The van der Waals surface area contributed by atoms with E-state index >= 15 is 0 Å². The van der Waals surface area contributed by atoms with Crippen LogP contribution in [0.3, 0.4) is 0 Å². The molecule has 0 aromatic carbocycles. The predicted octanol–water partition coefficient (Wildman–Crippen LogP) is 2.88. The first kappa shape index (κ1) is 16.7. The smallest absolute Gasteiger partial charge is 0.265 e. The average molecular weight is 369 g/mol. The zero-order valence-corrected chi connectivity index (χ0v) is 15.4. The monoisotopic (exact) mass is 369 g/mol. The van der Waals surface area contributed by atoms with Crippen LogP contribution < -0.4 is 15.4 Å². The molecular weight excluding hydrogens is 350 g/mol. The van der Waals surface area contributed by atoms with Gasteiger partial charge in [0.15, 0.2) is 0 Å². The number of pyridine rings is 1. The first-order chi connectivity index (χ1) is 12.6. The minimum Gasteiger partial charge on any atom is -0.436 e. The summed E-state index contributed by atoms with van der Waals surface area (Å²) >= 11 is 1.56. The Morgan fingerprint density at radius 1 is 1.46 bits per heavy atom. The second-order valence-electron chi connectivity index (χ2n) is 6.12. The van der Waals surface area contributed by atoms with Gasteiger partial charge in [0, 0.05) is 31.2 Å². The van der Waals surface area contributed by atoms with Gasteiger partial charge in [-0.25, -0.2) is 4.68 Å². The number of thiophene rings is 1. The molecule has 2 N–H and O–H groups in total. The number of fused-ring (bicyclic) bond motifs is 1. The van der Waals surface area contributed by atoms with Gasteiger partial charge in [-0.2, -0.15) is 5.10 Å². The first-order valence-electron chi connectivity index (χ1n) is 8.37. The molecule has 0 aliphatic carbocycles. The molecule has 134 valence electrons. The molecule has 7 nitrogen and oxygen atoms in total. The second-order valence-corrected chi connectivity index (χ2v) is 7.26. The van der Waals surface area contributed by atoms with Crippen molar-refractivity contribution >= 4 is 22.9 Å². The molecule has 26 heavy (non-hydrogen) atoms. The van der Waals surface area contributed by atoms with Crippen LogP contribution in [0.25, 0.3) is 0 Å². The Bertz CT molecular complexity index is 925. The molecule has 1 aliphatic heterocycles. The van der Waals surface area contributed by atoms with Crippen molar-refractivity contribution in [1.82, 2.24) is 20.1 Å². The van der Waals surface area contributed by atoms with E-state index in [0.29, 0.717) is 27.9 Å². The molecule has 0 saturated carbocycles. The minimum absolute atomic E-state index is 0.142. The number of hydrogen-bond acceptors (Lipinski definition) is 6. The van der Waals surface area contributed by atoms with Gasteiger partial charge in [-0.05, 0) is 37.1 Å². The number of amides is 1. The number of rotatable bonds is 4. The Hall–Kier alpha value is -2.71. The highest BCUT2D eigenvalue weighted by Crippen LogP contribution is 2.33. The van der Waals surface area contributed by atoms with Gasteiger partial charge in [-0.1, -0.05) is 0 Å². The van der Waals surface area contributed by atoms with Crippen molar-refractivity contribution in [1.29, 1.82) is 0 Å². The van der Waals surface area contributed by atoms with Gasteiger partial charge >= 0.3 is 0 Å². The Morgan fingerprint density at radius 3 is 3.12 bits per heavy atom. The predicted molar refractivity (Wildman–Crippen MR) is 99.9 cm³/mol. The quantitative estimate of drug-likeness (QED) is 0.739. The van der Waals surface area contributed by atoms with E-state index in [2.05, 4.69) is 20.7 Å². The van der Waals surface area contributed by atoms with Crippen molar-refractivity contribution in [3.05, 3.63) is 51.6 Å². The lowest BCUT2D eigenvalue weighted by atomic mass is 10.1. The average Bonchev–Trinajstić information content (AvgIpc) is 3.19. The number of anilines is 1. The van der Waals surface area contributed by atoms with Crippen molar-refractivity contribution < 1.29 is 9.53 Å². The van der Waals surface area contributed by atoms with E-state index in [1.807, 2.05) is 13.0 Å². The van der Waals surface area contributed by atoms with E-state index in [1.165, 1.54) is 10.4 Å². The maximum absolute atomic E-state index is 12.8. The van der Waals surface area contributed by atoms with Crippen LogP contribution >= 0.6 is 11.3 Å². The maximum Gasteiger partial charge on any atom is 0.265 e. The fraction of sp³-hybridized carbons (Fsp3) is 0.278. The van der Waals surface area contributed by atoms with Crippen LogP contribution in [-0.4, -0.2) is 27.2 Å². The number of carbonyl (C=O) groups excluding carboxylic acids is 1. The minimum atomic E-state index is -0.142. The zero-order chi connectivity index (χ0) is 18.1. The summed E-state index contributed by atoms with van der Waals surface area (Å²) in [5.41, 5.74) is 2.48. The van der Waals surface area contributed by atoms with E-state index < -0.39 is 0 Å². The lowest BCUT2D eigenvalue weighted by molar-refractivity contribution is 0.103. The van der Waals surface area contributed by atoms with E-state index in [0.717, 1.165) is 19.5 Å². The molecule has 4 heterocycles. The molecule has 0 atom stereocenters. The maximum atomic E-state index is 12.8. The van der Waals surface area contributed by atoms with E-state index in [9.17, 15) is 4.79 Å². The second kappa shape index (κ2) is 6.89. The Balaban J connectivity index is 1.59. The Labute approximate surface area is 155 Å². The lowest BCUT2D eigenvalue weighted by Gasteiger charge is -2.10. The Kier molecular flexibility index (Phi) is 4.44. The van der Waals surface area contributed by atoms with E-state index in [-0.39, 0.29) is 5.91 Å². The number of nitrogens with zero attached hydrogens (tertiary/aromatic N) is 3. The van der Waals surface area contributed by atoms with E-state index in [4.69, 9.17) is 4.74 Å². The topological polar surface area (TPSA) is 81.1 Å². The van der Waals surface area contributed by atoms with Crippen molar-refractivity contribution in [2.24, 2.45) is 7.05 Å². The van der Waals surface area contributed by atoms with Crippen molar-refractivity contribution in [3.63, 3.8) is 0 Å². The van der Waals surface area contributed by atoms with Gasteiger partial charge in [-0.15, -0.1) is 11.3 Å². The summed E-state index contributed by atoms with van der Waals surface area (Å²) < 4.78 is 7.51. The van der Waals surface area contributed by atoms with Crippen LogP contribution in [0, 0.1) is 6.92 Å². The standard InChI is InChI=1S/C18H19N5O2S/c1-11-16(18(23(2)22-11)25-13-4-3-6-19-10-13)21-17(24)15-8-12-9-20-7-5-14(12)26-15/h3-4,6,8,10,20H,5,7,9H2,1-2H3,(H,21,24). The van der Waals surface area contributed by atoms with Crippen molar-refractivity contribution in [2.45, 2.75) is 19.9 Å². The third kappa shape index (κ3) is 3.21. The summed E-state index contributed by atoms with van der Waals surface area (Å²) in [6, 6.07) is 5.57. The molecule has 1 amide bonds. The molecule has 0 fully saturated rings. The fourth-order valence-electron chi connectivity index (χ4n) is 2.96. The summed E-state index contributed by atoms with van der Waals surface area (Å²) in [6.45, 7) is 3.62. The van der Waals surface area contributed by atoms with Crippen LogP contribution in [0.2, 0.25) is 0 Å². The van der Waals surface area contributed by atoms with Crippen LogP contribution in [0.15, 0.2) is 30.6 Å². The summed E-state index contributed by atoms with van der Waals surface area (Å²) in [6.07, 6.45) is 4.26. The van der Waals surface area contributed by atoms with Gasteiger partial charge in [0.1, 0.15) is 11.4 Å². The molecule has 0 radical (unpaired) electrons. The number of hydrogen-bond donors (Lipinski definition) is 2. The number of ether oxygens (including phenoxy) is 1.